The van der Waals surface area contributed by atoms with Crippen LogP contribution in [0.25, 0.3) is 5.69 Å². The van der Waals surface area contributed by atoms with E-state index in [1.165, 1.54) is 47.5 Å². The maximum atomic E-state index is 14.0. The highest BCUT2D eigenvalue weighted by atomic mass is 19.1. The first-order valence-electron chi connectivity index (χ1n) is 9.73. The molecule has 3 aromatic rings. The zero-order valence-electron chi connectivity index (χ0n) is 16.4. The Bertz CT molecular complexity index is 1010. The van der Waals surface area contributed by atoms with E-state index < -0.39 is 11.6 Å². The third-order valence-electron chi connectivity index (χ3n) is 5.23. The van der Waals surface area contributed by atoms with Gasteiger partial charge in [-0.25, -0.2) is 13.8 Å². The molecule has 2 atom stereocenters. The van der Waals surface area contributed by atoms with Crippen LogP contribution in [0.5, 0.6) is 5.88 Å². The molecule has 30 heavy (non-hydrogen) atoms. The van der Waals surface area contributed by atoms with Crippen LogP contribution in [-0.2, 0) is 0 Å². The second-order valence-corrected chi connectivity index (χ2v) is 7.36. The number of carbonyl (C=O) groups is 1. The number of carbonyl (C=O) groups excluding carboxylic acids is 1. The Labute approximate surface area is 172 Å². The Kier molecular flexibility index (Phi) is 5.69. The number of benzene rings is 1. The third kappa shape index (κ3) is 4.29. The fraction of sp³-hybridized carbons (Fsp3) is 0.333. The van der Waals surface area contributed by atoms with Crippen molar-refractivity contribution in [2.24, 2.45) is 5.92 Å². The molecule has 0 saturated carbocycles. The number of hydrogen-bond donors (Lipinski definition) is 0. The molecule has 1 saturated heterocycles. The molecule has 1 aliphatic rings. The Hall–Kier alpha value is -3.36. The number of rotatable bonds is 5. The number of hydrogen-bond acceptors (Lipinski definition) is 5. The smallest absolute Gasteiger partial charge is 0.256 e. The molecule has 3 heterocycles. The SMILES string of the molecule is CC1CCC(COc2ccc(F)cn2)CN1C(=O)c1cc(F)ccc1-n1nccn1. The van der Waals surface area contributed by atoms with Crippen molar-refractivity contribution in [3.63, 3.8) is 0 Å². The van der Waals surface area contributed by atoms with Crippen molar-refractivity contribution in [2.75, 3.05) is 13.2 Å². The molecular formula is C21H21F2N5O2. The van der Waals surface area contributed by atoms with E-state index in [1.54, 1.807) is 4.90 Å². The van der Waals surface area contributed by atoms with Gasteiger partial charge in [-0.15, -0.1) is 0 Å². The number of halogens is 2. The Balaban J connectivity index is 1.50. The van der Waals surface area contributed by atoms with Crippen molar-refractivity contribution in [3.05, 3.63) is 66.1 Å². The molecule has 1 aromatic carbocycles. The number of nitrogens with zero attached hydrogens (tertiary/aromatic N) is 5. The molecule has 0 spiro atoms. The molecule has 1 fully saturated rings. The molecule has 9 heteroatoms. The van der Waals surface area contributed by atoms with Gasteiger partial charge >= 0.3 is 0 Å². The van der Waals surface area contributed by atoms with Crippen LogP contribution in [0.4, 0.5) is 8.78 Å². The van der Waals surface area contributed by atoms with E-state index in [9.17, 15) is 13.6 Å². The average Bonchev–Trinajstić information content (AvgIpc) is 3.28. The molecule has 0 radical (unpaired) electrons. The Morgan fingerprint density at radius 2 is 1.90 bits per heavy atom. The van der Waals surface area contributed by atoms with Gasteiger partial charge in [0.1, 0.15) is 11.6 Å². The summed E-state index contributed by atoms with van der Waals surface area (Å²) in [6, 6.07) is 6.75. The normalized spacial score (nSPS) is 19.0. The van der Waals surface area contributed by atoms with Gasteiger partial charge in [-0.2, -0.15) is 15.0 Å². The van der Waals surface area contributed by atoms with Crippen LogP contribution in [-0.4, -0.2) is 50.0 Å². The first-order chi connectivity index (χ1) is 14.5. The van der Waals surface area contributed by atoms with E-state index in [1.807, 2.05) is 6.92 Å². The van der Waals surface area contributed by atoms with Gasteiger partial charge in [-0.1, -0.05) is 0 Å². The van der Waals surface area contributed by atoms with Gasteiger partial charge in [0.05, 0.1) is 36.4 Å². The molecule has 2 aromatic heterocycles. The monoisotopic (exact) mass is 413 g/mol. The number of aromatic nitrogens is 4. The fourth-order valence-corrected chi connectivity index (χ4v) is 3.60. The summed E-state index contributed by atoms with van der Waals surface area (Å²) in [7, 11) is 0. The fourth-order valence-electron chi connectivity index (χ4n) is 3.60. The van der Waals surface area contributed by atoms with E-state index in [0.717, 1.165) is 19.0 Å². The van der Waals surface area contributed by atoms with Crippen molar-refractivity contribution in [1.82, 2.24) is 24.9 Å². The zero-order chi connectivity index (χ0) is 21.1. The number of ether oxygens (including phenoxy) is 1. The summed E-state index contributed by atoms with van der Waals surface area (Å²) >= 11 is 0. The highest BCUT2D eigenvalue weighted by Gasteiger charge is 2.31. The van der Waals surface area contributed by atoms with Crippen LogP contribution < -0.4 is 4.74 Å². The van der Waals surface area contributed by atoms with Crippen molar-refractivity contribution in [2.45, 2.75) is 25.8 Å². The minimum atomic E-state index is -0.499. The van der Waals surface area contributed by atoms with Gasteiger partial charge in [0.25, 0.3) is 5.91 Å². The number of likely N-dealkylation sites (tertiary alicyclic amines) is 1. The molecule has 1 aliphatic heterocycles. The minimum Gasteiger partial charge on any atom is -0.477 e. The maximum absolute atomic E-state index is 14.0. The topological polar surface area (TPSA) is 73.1 Å². The number of pyridine rings is 1. The quantitative estimate of drug-likeness (QED) is 0.642. The van der Waals surface area contributed by atoms with Crippen LogP contribution in [0.2, 0.25) is 0 Å². The highest BCUT2D eigenvalue weighted by Crippen LogP contribution is 2.26. The van der Waals surface area contributed by atoms with Crippen LogP contribution in [0.15, 0.2) is 48.9 Å². The van der Waals surface area contributed by atoms with E-state index >= 15 is 0 Å². The first kappa shape index (κ1) is 19.9. The van der Waals surface area contributed by atoms with Gasteiger partial charge in [0, 0.05) is 24.6 Å². The van der Waals surface area contributed by atoms with Gasteiger partial charge in [-0.3, -0.25) is 4.79 Å². The second kappa shape index (κ2) is 8.56. The minimum absolute atomic E-state index is 0.000561. The van der Waals surface area contributed by atoms with Gasteiger partial charge < -0.3 is 9.64 Å². The van der Waals surface area contributed by atoms with Gasteiger partial charge in [-0.05, 0) is 44.0 Å². The molecule has 1 amide bonds. The number of amides is 1. The summed E-state index contributed by atoms with van der Waals surface area (Å²) in [6.07, 6.45) is 5.77. The Morgan fingerprint density at radius 1 is 1.13 bits per heavy atom. The van der Waals surface area contributed by atoms with Crippen LogP contribution in [0.1, 0.15) is 30.1 Å². The molecule has 2 unspecified atom stereocenters. The lowest BCUT2D eigenvalue weighted by Crippen LogP contribution is -2.47. The third-order valence-corrected chi connectivity index (χ3v) is 5.23. The summed E-state index contributed by atoms with van der Waals surface area (Å²) in [6.45, 7) is 2.79. The first-order valence-corrected chi connectivity index (χ1v) is 9.73. The molecule has 0 aliphatic carbocycles. The summed E-state index contributed by atoms with van der Waals surface area (Å²) in [5.41, 5.74) is 0.632. The highest BCUT2D eigenvalue weighted by molar-refractivity contribution is 5.98. The summed E-state index contributed by atoms with van der Waals surface area (Å²) in [5.74, 6) is -0.787. The Morgan fingerprint density at radius 3 is 2.63 bits per heavy atom. The predicted octanol–water partition coefficient (Wildman–Crippen LogP) is 3.26. The van der Waals surface area contributed by atoms with E-state index in [4.69, 9.17) is 4.74 Å². The lowest BCUT2D eigenvalue weighted by Gasteiger charge is -2.38. The van der Waals surface area contributed by atoms with Crippen molar-refractivity contribution in [3.8, 4) is 11.6 Å². The molecule has 156 valence electrons. The van der Waals surface area contributed by atoms with Crippen molar-refractivity contribution >= 4 is 5.91 Å². The molecule has 7 nitrogen and oxygen atoms in total. The molecule has 0 bridgehead atoms. The standard InChI is InChI=1S/C21H21F2N5O2/c1-14-2-3-15(13-30-20-7-5-17(23)11-24-20)12-27(14)21(29)18-10-16(22)4-6-19(18)28-25-8-9-26-28/h4-11,14-15H,2-3,12-13H2,1H3. The summed E-state index contributed by atoms with van der Waals surface area (Å²) < 4.78 is 32.6. The lowest BCUT2D eigenvalue weighted by atomic mass is 9.93. The van der Waals surface area contributed by atoms with Crippen LogP contribution in [0, 0.1) is 17.6 Å². The molecule has 0 N–H and O–H groups in total. The predicted molar refractivity (Wildman–Crippen MR) is 104 cm³/mol. The summed E-state index contributed by atoms with van der Waals surface area (Å²) in [4.78, 5) is 20.3. The van der Waals surface area contributed by atoms with Crippen LogP contribution >= 0.6 is 0 Å². The zero-order valence-corrected chi connectivity index (χ0v) is 16.4. The van der Waals surface area contributed by atoms with E-state index in [0.29, 0.717) is 24.7 Å². The van der Waals surface area contributed by atoms with Gasteiger partial charge in [0.15, 0.2) is 0 Å². The summed E-state index contributed by atoms with van der Waals surface area (Å²) in [5, 5.41) is 8.13. The maximum Gasteiger partial charge on any atom is 0.256 e. The van der Waals surface area contributed by atoms with Crippen molar-refractivity contribution in [1.29, 1.82) is 0 Å². The van der Waals surface area contributed by atoms with E-state index in [2.05, 4.69) is 15.2 Å². The number of piperidine rings is 1. The van der Waals surface area contributed by atoms with Gasteiger partial charge in [0.2, 0.25) is 5.88 Å². The molecular weight excluding hydrogens is 392 g/mol. The average molecular weight is 413 g/mol. The lowest BCUT2D eigenvalue weighted by molar-refractivity contribution is 0.0502. The van der Waals surface area contributed by atoms with Crippen LogP contribution in [0.3, 0.4) is 0 Å². The second-order valence-electron chi connectivity index (χ2n) is 7.36. The van der Waals surface area contributed by atoms with Crippen molar-refractivity contribution < 1.29 is 18.3 Å². The largest absolute Gasteiger partial charge is 0.477 e. The molecule has 4 rings (SSSR count). The van der Waals surface area contributed by atoms with E-state index in [-0.39, 0.29) is 23.4 Å².